The molecule has 2 nitrogen and oxygen atoms in total. The molecule has 0 radical (unpaired) electrons. The van der Waals surface area contributed by atoms with Gasteiger partial charge in [0.05, 0.1) is 5.56 Å². The molecule has 0 heterocycles. The van der Waals surface area contributed by atoms with Gasteiger partial charge < -0.3 is 5.21 Å². The minimum absolute atomic E-state index is 0.447. The van der Waals surface area contributed by atoms with Crippen molar-refractivity contribution in [3.8, 4) is 0 Å². The molecule has 0 atom stereocenters. The standard InChI is InChI=1S/C12H14F3NO/c1-11(2,3)16(17)8-9-4-6-10(7-5-9)12(13,14)15/h4-8H,1-3H3/b16-8-. The van der Waals surface area contributed by atoms with Crippen LogP contribution in [0.15, 0.2) is 24.3 Å². The Labute approximate surface area is 98.0 Å². The third-order valence-corrected chi connectivity index (χ3v) is 2.17. The number of hydrogen-bond donors (Lipinski definition) is 0. The van der Waals surface area contributed by atoms with E-state index in [1.165, 1.54) is 18.3 Å². The number of rotatable bonds is 1. The van der Waals surface area contributed by atoms with Gasteiger partial charge in [-0.1, -0.05) is 0 Å². The van der Waals surface area contributed by atoms with Crippen molar-refractivity contribution in [2.75, 3.05) is 0 Å². The Balaban J connectivity index is 2.97. The molecule has 1 aromatic carbocycles. The van der Waals surface area contributed by atoms with E-state index < -0.39 is 17.3 Å². The molecule has 0 N–H and O–H groups in total. The summed E-state index contributed by atoms with van der Waals surface area (Å²) in [6, 6.07) is 4.48. The Bertz CT molecular complexity index is 413. The van der Waals surface area contributed by atoms with Crippen LogP contribution in [-0.4, -0.2) is 16.5 Å². The third-order valence-electron chi connectivity index (χ3n) is 2.17. The van der Waals surface area contributed by atoms with Crippen molar-refractivity contribution >= 4 is 6.21 Å². The maximum absolute atomic E-state index is 12.3. The summed E-state index contributed by atoms with van der Waals surface area (Å²) in [6.07, 6.45) is -3.07. The molecule has 0 amide bonds. The third kappa shape index (κ3) is 3.76. The van der Waals surface area contributed by atoms with Gasteiger partial charge in [0.2, 0.25) is 0 Å². The molecule has 0 saturated heterocycles. The highest BCUT2D eigenvalue weighted by Crippen LogP contribution is 2.28. The van der Waals surface area contributed by atoms with Gasteiger partial charge in [0.25, 0.3) is 0 Å². The molecule has 0 spiro atoms. The van der Waals surface area contributed by atoms with Gasteiger partial charge in [0.1, 0.15) is 0 Å². The maximum atomic E-state index is 12.3. The van der Waals surface area contributed by atoms with Crippen LogP contribution in [0.25, 0.3) is 0 Å². The predicted molar refractivity (Wildman–Crippen MR) is 60.0 cm³/mol. The van der Waals surface area contributed by atoms with Gasteiger partial charge in [0, 0.05) is 26.3 Å². The molecular formula is C12H14F3NO. The lowest BCUT2D eigenvalue weighted by Gasteiger charge is -2.18. The molecule has 0 bridgehead atoms. The number of benzene rings is 1. The van der Waals surface area contributed by atoms with Gasteiger partial charge in [-0.25, -0.2) is 4.74 Å². The topological polar surface area (TPSA) is 26.1 Å². The van der Waals surface area contributed by atoms with Gasteiger partial charge in [-0.2, -0.15) is 13.2 Å². The van der Waals surface area contributed by atoms with E-state index in [9.17, 15) is 18.4 Å². The zero-order valence-electron chi connectivity index (χ0n) is 9.88. The molecule has 0 unspecified atom stereocenters. The number of alkyl halides is 3. The van der Waals surface area contributed by atoms with E-state index in [1.54, 1.807) is 20.8 Å². The smallest absolute Gasteiger partial charge is 0.416 e. The normalized spacial score (nSPS) is 13.9. The molecule has 0 saturated carbocycles. The Morgan fingerprint density at radius 1 is 1.06 bits per heavy atom. The molecule has 0 aliphatic rings. The van der Waals surface area contributed by atoms with Crippen molar-refractivity contribution in [1.82, 2.24) is 0 Å². The van der Waals surface area contributed by atoms with E-state index >= 15 is 0 Å². The van der Waals surface area contributed by atoms with Gasteiger partial charge in [-0.3, -0.25) is 0 Å². The fourth-order valence-electron chi connectivity index (χ4n) is 1.09. The average Bonchev–Trinajstić information content (AvgIpc) is 2.15. The molecule has 17 heavy (non-hydrogen) atoms. The van der Waals surface area contributed by atoms with Crippen LogP contribution < -0.4 is 0 Å². The van der Waals surface area contributed by atoms with Crippen LogP contribution in [0.5, 0.6) is 0 Å². The Morgan fingerprint density at radius 2 is 1.53 bits per heavy atom. The molecule has 0 aliphatic heterocycles. The second kappa shape index (κ2) is 4.39. The molecule has 0 aliphatic carbocycles. The first kappa shape index (κ1) is 13.5. The maximum Gasteiger partial charge on any atom is 0.416 e. The predicted octanol–water partition coefficient (Wildman–Crippen LogP) is 3.43. The summed E-state index contributed by atoms with van der Waals surface area (Å²) in [6.45, 7) is 5.17. The van der Waals surface area contributed by atoms with E-state index in [-0.39, 0.29) is 0 Å². The molecular weight excluding hydrogens is 231 g/mol. The van der Waals surface area contributed by atoms with Crippen LogP contribution >= 0.6 is 0 Å². The summed E-state index contributed by atoms with van der Waals surface area (Å²) in [5, 5.41) is 11.6. The summed E-state index contributed by atoms with van der Waals surface area (Å²) in [7, 11) is 0. The zero-order valence-corrected chi connectivity index (χ0v) is 9.88. The Hall–Kier alpha value is -1.52. The van der Waals surface area contributed by atoms with Crippen molar-refractivity contribution in [3.63, 3.8) is 0 Å². The molecule has 0 fully saturated rings. The molecule has 1 rings (SSSR count). The fourth-order valence-corrected chi connectivity index (χ4v) is 1.09. The van der Waals surface area contributed by atoms with Crippen molar-refractivity contribution in [1.29, 1.82) is 0 Å². The summed E-state index contributed by atoms with van der Waals surface area (Å²) in [4.78, 5) is 0. The van der Waals surface area contributed by atoms with Gasteiger partial charge >= 0.3 is 6.18 Å². The quantitative estimate of drug-likeness (QED) is 0.322. The van der Waals surface area contributed by atoms with Crippen molar-refractivity contribution in [2.24, 2.45) is 0 Å². The van der Waals surface area contributed by atoms with Crippen molar-refractivity contribution < 1.29 is 17.9 Å². The van der Waals surface area contributed by atoms with Gasteiger partial charge in [-0.05, 0) is 24.3 Å². The highest BCUT2D eigenvalue weighted by Gasteiger charge is 2.30. The van der Waals surface area contributed by atoms with E-state index in [0.29, 0.717) is 5.56 Å². The Morgan fingerprint density at radius 3 is 1.88 bits per heavy atom. The van der Waals surface area contributed by atoms with Crippen LogP contribution in [0.3, 0.4) is 0 Å². The summed E-state index contributed by atoms with van der Waals surface area (Å²) < 4.78 is 37.6. The first-order chi connectivity index (χ1) is 7.60. The zero-order chi connectivity index (χ0) is 13.3. The second-order valence-electron chi connectivity index (χ2n) is 4.75. The fraction of sp³-hybridized carbons (Fsp3) is 0.417. The lowest BCUT2D eigenvalue weighted by atomic mass is 10.1. The second-order valence-corrected chi connectivity index (χ2v) is 4.75. The summed E-state index contributed by atoms with van der Waals surface area (Å²) in [5.74, 6) is 0. The van der Waals surface area contributed by atoms with Gasteiger partial charge in [0.15, 0.2) is 11.8 Å². The van der Waals surface area contributed by atoms with E-state index in [1.807, 2.05) is 0 Å². The number of halogens is 3. The number of hydrogen-bond acceptors (Lipinski definition) is 1. The summed E-state index contributed by atoms with van der Waals surface area (Å²) >= 11 is 0. The molecule has 94 valence electrons. The van der Waals surface area contributed by atoms with Crippen LogP contribution in [0.2, 0.25) is 0 Å². The van der Waals surface area contributed by atoms with Gasteiger partial charge in [-0.15, -0.1) is 0 Å². The average molecular weight is 245 g/mol. The molecule has 0 aromatic heterocycles. The highest BCUT2D eigenvalue weighted by molar-refractivity contribution is 5.75. The lowest BCUT2D eigenvalue weighted by Crippen LogP contribution is -2.29. The SMILES string of the molecule is CC(C)(C)/[N+]([O-])=C/c1ccc(C(F)(F)F)cc1. The molecule has 1 aromatic rings. The first-order valence-corrected chi connectivity index (χ1v) is 5.09. The van der Waals surface area contributed by atoms with Crippen LogP contribution in [0.1, 0.15) is 31.9 Å². The minimum atomic E-state index is -4.35. The Kier molecular flexibility index (Phi) is 3.50. The van der Waals surface area contributed by atoms with Crippen molar-refractivity contribution in [2.45, 2.75) is 32.5 Å². The van der Waals surface area contributed by atoms with Crippen molar-refractivity contribution in [3.05, 3.63) is 40.6 Å². The number of hydroxylamine groups is 1. The lowest BCUT2D eigenvalue weighted by molar-refractivity contribution is -0.530. The highest BCUT2D eigenvalue weighted by atomic mass is 19.4. The van der Waals surface area contributed by atoms with Crippen LogP contribution in [0, 0.1) is 5.21 Å². The largest absolute Gasteiger partial charge is 0.623 e. The van der Waals surface area contributed by atoms with E-state index in [0.717, 1.165) is 16.9 Å². The van der Waals surface area contributed by atoms with E-state index in [4.69, 9.17) is 0 Å². The van der Waals surface area contributed by atoms with E-state index in [2.05, 4.69) is 0 Å². The number of nitrogens with zero attached hydrogens (tertiary/aromatic N) is 1. The first-order valence-electron chi connectivity index (χ1n) is 5.09. The van der Waals surface area contributed by atoms with Crippen LogP contribution in [0.4, 0.5) is 13.2 Å². The van der Waals surface area contributed by atoms with Crippen LogP contribution in [-0.2, 0) is 6.18 Å². The monoisotopic (exact) mass is 245 g/mol. The summed E-state index contributed by atoms with van der Waals surface area (Å²) in [5.41, 5.74) is -0.881. The molecule has 5 heteroatoms. The minimum Gasteiger partial charge on any atom is -0.623 e.